The molecule has 0 aliphatic carbocycles. The summed E-state index contributed by atoms with van der Waals surface area (Å²) in [6.45, 7) is 2.66. The minimum Gasteiger partial charge on any atom is -0.482 e. The highest BCUT2D eigenvalue weighted by Crippen LogP contribution is 2.15. The Labute approximate surface area is 149 Å². The maximum atomic E-state index is 11.7. The first-order valence-electron chi connectivity index (χ1n) is 7.82. The molecule has 0 fully saturated rings. The van der Waals surface area contributed by atoms with Gasteiger partial charge < -0.3 is 14.0 Å². The van der Waals surface area contributed by atoms with Gasteiger partial charge in [-0.15, -0.1) is 0 Å². The number of carbonyl (C=O) groups is 1. The van der Waals surface area contributed by atoms with Crippen molar-refractivity contribution >= 4 is 21.9 Å². The number of carbonyl (C=O) groups excluding carboxylic acids is 1. The average molecular weight is 394 g/mol. The molecule has 0 bridgehead atoms. The summed E-state index contributed by atoms with van der Waals surface area (Å²) < 4.78 is 12.8. The lowest BCUT2D eigenvalue weighted by molar-refractivity contribution is -0.145. The molecule has 0 saturated carbocycles. The fraction of sp³-hybridized carbons (Fsp3) is 0.333. The van der Waals surface area contributed by atoms with Crippen LogP contribution in [0, 0.1) is 0 Å². The average Bonchev–Trinajstić information content (AvgIpc) is 2.57. The Balaban J connectivity index is 1.86. The Kier molecular flexibility index (Phi) is 7.06. The lowest BCUT2D eigenvalue weighted by Crippen LogP contribution is -2.18. The molecule has 0 radical (unpaired) electrons. The van der Waals surface area contributed by atoms with Gasteiger partial charge in [-0.3, -0.25) is 4.79 Å². The number of nitrogens with zero attached hydrogens (tertiary/aromatic N) is 1. The highest BCUT2D eigenvalue weighted by molar-refractivity contribution is 9.10. The van der Waals surface area contributed by atoms with Crippen molar-refractivity contribution in [1.82, 2.24) is 4.57 Å². The molecule has 0 N–H and O–H groups in total. The number of pyridine rings is 1. The molecule has 0 saturated heterocycles. The summed E-state index contributed by atoms with van der Waals surface area (Å²) in [6, 6.07) is 10.9. The van der Waals surface area contributed by atoms with Gasteiger partial charge in [0.1, 0.15) is 5.75 Å². The Bertz CT molecular complexity index is 742. The van der Waals surface area contributed by atoms with Crippen LogP contribution in [0.3, 0.4) is 0 Å². The monoisotopic (exact) mass is 393 g/mol. The molecule has 0 aliphatic rings. The van der Waals surface area contributed by atoms with Crippen molar-refractivity contribution in [3.8, 4) is 5.75 Å². The first-order valence-corrected chi connectivity index (χ1v) is 8.61. The van der Waals surface area contributed by atoms with E-state index in [1.165, 1.54) is 0 Å². The molecular weight excluding hydrogens is 374 g/mol. The van der Waals surface area contributed by atoms with Crippen molar-refractivity contribution in [2.24, 2.45) is 0 Å². The molecule has 0 atom stereocenters. The molecule has 0 aliphatic heterocycles. The van der Waals surface area contributed by atoms with E-state index in [1.54, 1.807) is 29.8 Å². The molecule has 2 aromatic rings. The van der Waals surface area contributed by atoms with Gasteiger partial charge in [-0.25, -0.2) is 4.79 Å². The number of ether oxygens (including phenoxy) is 2. The number of hydrogen-bond acceptors (Lipinski definition) is 4. The maximum Gasteiger partial charge on any atom is 0.344 e. The van der Waals surface area contributed by atoms with E-state index in [-0.39, 0.29) is 18.1 Å². The minimum absolute atomic E-state index is 0.00952. The van der Waals surface area contributed by atoms with Crippen molar-refractivity contribution in [1.29, 1.82) is 0 Å². The van der Waals surface area contributed by atoms with Crippen LogP contribution in [0.4, 0.5) is 0 Å². The van der Waals surface area contributed by atoms with E-state index < -0.39 is 0 Å². The second-order valence-electron chi connectivity index (χ2n) is 5.22. The highest BCUT2D eigenvalue weighted by atomic mass is 79.9. The SMILES string of the molecule is CCOC(=O)COc1cccc(CCCn2cc(Br)ccc2=O)c1. The van der Waals surface area contributed by atoms with Gasteiger partial charge >= 0.3 is 5.97 Å². The Morgan fingerprint density at radius 1 is 1.25 bits per heavy atom. The number of rotatable bonds is 8. The normalized spacial score (nSPS) is 10.4. The molecule has 5 nitrogen and oxygen atoms in total. The minimum atomic E-state index is -0.378. The summed E-state index contributed by atoms with van der Waals surface area (Å²) >= 11 is 3.37. The molecule has 0 unspecified atom stereocenters. The van der Waals surface area contributed by atoms with Crippen LogP contribution in [-0.4, -0.2) is 23.8 Å². The Morgan fingerprint density at radius 3 is 2.88 bits per heavy atom. The van der Waals surface area contributed by atoms with Crippen LogP contribution < -0.4 is 10.3 Å². The zero-order valence-electron chi connectivity index (χ0n) is 13.5. The Morgan fingerprint density at radius 2 is 2.08 bits per heavy atom. The summed E-state index contributed by atoms with van der Waals surface area (Å²) in [7, 11) is 0. The number of aromatic nitrogens is 1. The van der Waals surface area contributed by atoms with Crippen molar-refractivity contribution < 1.29 is 14.3 Å². The summed E-state index contributed by atoms with van der Waals surface area (Å²) in [5.41, 5.74) is 1.09. The highest BCUT2D eigenvalue weighted by Gasteiger charge is 2.04. The van der Waals surface area contributed by atoms with Crippen LogP contribution in [0.5, 0.6) is 5.75 Å². The molecule has 128 valence electrons. The third kappa shape index (κ3) is 5.85. The summed E-state index contributed by atoms with van der Waals surface area (Å²) in [5, 5.41) is 0. The van der Waals surface area contributed by atoms with Gasteiger partial charge in [0.05, 0.1) is 6.61 Å². The van der Waals surface area contributed by atoms with E-state index in [0.717, 1.165) is 22.9 Å². The standard InChI is InChI=1S/C18H20BrNO4/c1-2-23-18(22)13-24-16-7-3-5-14(11-16)6-4-10-20-12-15(19)8-9-17(20)21/h3,5,7-9,11-12H,2,4,6,10,13H2,1H3. The zero-order valence-corrected chi connectivity index (χ0v) is 15.1. The molecule has 1 aromatic heterocycles. The summed E-state index contributed by atoms with van der Waals surface area (Å²) in [4.78, 5) is 23.1. The molecular formula is C18H20BrNO4. The van der Waals surface area contributed by atoms with E-state index in [4.69, 9.17) is 9.47 Å². The van der Waals surface area contributed by atoms with Crippen molar-refractivity contribution in [2.45, 2.75) is 26.3 Å². The number of aryl methyl sites for hydroxylation is 2. The number of benzene rings is 1. The van der Waals surface area contributed by atoms with Gasteiger partial charge in [0.25, 0.3) is 5.56 Å². The predicted molar refractivity (Wildman–Crippen MR) is 95.3 cm³/mol. The number of hydrogen-bond donors (Lipinski definition) is 0. The molecule has 0 spiro atoms. The second-order valence-corrected chi connectivity index (χ2v) is 6.14. The fourth-order valence-corrected chi connectivity index (χ4v) is 2.65. The third-order valence-corrected chi connectivity index (χ3v) is 3.84. The van der Waals surface area contributed by atoms with Gasteiger partial charge in [-0.05, 0) is 59.5 Å². The summed E-state index contributed by atoms with van der Waals surface area (Å²) in [5.74, 6) is 0.261. The maximum absolute atomic E-state index is 11.7. The van der Waals surface area contributed by atoms with Crippen LogP contribution in [0.25, 0.3) is 0 Å². The lowest BCUT2D eigenvalue weighted by atomic mass is 10.1. The van der Waals surface area contributed by atoms with Crippen molar-refractivity contribution in [3.05, 3.63) is 63.0 Å². The van der Waals surface area contributed by atoms with E-state index in [2.05, 4.69) is 15.9 Å². The van der Waals surface area contributed by atoms with Crippen molar-refractivity contribution in [3.63, 3.8) is 0 Å². The van der Waals surface area contributed by atoms with E-state index in [1.807, 2.05) is 24.3 Å². The third-order valence-electron chi connectivity index (χ3n) is 3.37. The van der Waals surface area contributed by atoms with E-state index >= 15 is 0 Å². The van der Waals surface area contributed by atoms with Gasteiger partial charge in [0.15, 0.2) is 6.61 Å². The van der Waals surface area contributed by atoms with E-state index in [0.29, 0.717) is 18.9 Å². The molecule has 24 heavy (non-hydrogen) atoms. The molecule has 6 heteroatoms. The largest absolute Gasteiger partial charge is 0.482 e. The van der Waals surface area contributed by atoms with Crippen LogP contribution in [0.1, 0.15) is 18.9 Å². The molecule has 1 heterocycles. The fourth-order valence-electron chi connectivity index (χ4n) is 2.27. The zero-order chi connectivity index (χ0) is 17.4. The first kappa shape index (κ1) is 18.3. The van der Waals surface area contributed by atoms with Crippen molar-refractivity contribution in [2.75, 3.05) is 13.2 Å². The van der Waals surface area contributed by atoms with E-state index in [9.17, 15) is 9.59 Å². The van der Waals surface area contributed by atoms with Gasteiger partial charge in [0, 0.05) is 23.3 Å². The smallest absolute Gasteiger partial charge is 0.344 e. The number of esters is 1. The number of halogens is 1. The van der Waals surface area contributed by atoms with Crippen LogP contribution in [0.2, 0.25) is 0 Å². The van der Waals surface area contributed by atoms with Gasteiger partial charge in [0.2, 0.25) is 0 Å². The van der Waals surface area contributed by atoms with Gasteiger partial charge in [-0.2, -0.15) is 0 Å². The lowest BCUT2D eigenvalue weighted by Gasteiger charge is -2.09. The molecule has 2 rings (SSSR count). The first-order chi connectivity index (χ1) is 11.6. The Hall–Kier alpha value is -2.08. The molecule has 1 aromatic carbocycles. The topological polar surface area (TPSA) is 57.5 Å². The quantitative estimate of drug-likeness (QED) is 0.646. The van der Waals surface area contributed by atoms with Crippen LogP contribution in [-0.2, 0) is 22.5 Å². The van der Waals surface area contributed by atoms with Gasteiger partial charge in [-0.1, -0.05) is 12.1 Å². The van der Waals surface area contributed by atoms with Crippen LogP contribution in [0.15, 0.2) is 51.9 Å². The predicted octanol–water partition coefficient (Wildman–Crippen LogP) is 3.19. The second kappa shape index (κ2) is 9.27. The van der Waals surface area contributed by atoms with Crippen LogP contribution >= 0.6 is 15.9 Å². The summed E-state index contributed by atoms with van der Waals surface area (Å²) in [6.07, 6.45) is 3.44. The molecule has 0 amide bonds.